The van der Waals surface area contributed by atoms with Crippen molar-refractivity contribution in [1.29, 1.82) is 0 Å². The maximum absolute atomic E-state index is 10.6. The second-order valence-corrected chi connectivity index (χ2v) is 5.77. The monoisotopic (exact) mass is 308 g/mol. The third kappa shape index (κ3) is 3.28. The number of thiazole rings is 1. The number of thiophene rings is 1. The van der Waals surface area contributed by atoms with Gasteiger partial charge in [-0.05, 0) is 13.0 Å². The van der Waals surface area contributed by atoms with Gasteiger partial charge in [-0.15, -0.1) is 23.0 Å². The van der Waals surface area contributed by atoms with Gasteiger partial charge < -0.3 is 4.57 Å². The van der Waals surface area contributed by atoms with Crippen molar-refractivity contribution < 1.29 is 4.92 Å². The van der Waals surface area contributed by atoms with Gasteiger partial charge in [-0.3, -0.25) is 10.1 Å². The lowest BCUT2D eigenvalue weighted by Crippen LogP contribution is -2.14. The number of aryl methyl sites for hydroxylation is 1. The van der Waals surface area contributed by atoms with Gasteiger partial charge in [0.2, 0.25) is 4.80 Å². The molecule has 0 atom stereocenters. The van der Waals surface area contributed by atoms with E-state index < -0.39 is 4.92 Å². The lowest BCUT2D eigenvalue weighted by molar-refractivity contribution is -0.380. The van der Waals surface area contributed by atoms with Crippen molar-refractivity contribution in [3.63, 3.8) is 0 Å². The number of hydrogen-bond donors (Lipinski definition) is 0. The maximum atomic E-state index is 10.6. The van der Waals surface area contributed by atoms with Crippen molar-refractivity contribution in [2.75, 3.05) is 0 Å². The first-order valence-electron chi connectivity index (χ1n) is 5.69. The largest absolute Gasteiger partial charge is 0.324 e. The fraction of sp³-hybridized carbons (Fsp3) is 0.167. The molecule has 6 nitrogen and oxygen atoms in total. The summed E-state index contributed by atoms with van der Waals surface area (Å²) in [6.07, 6.45) is 3.32. The van der Waals surface area contributed by atoms with E-state index >= 15 is 0 Å². The zero-order valence-corrected chi connectivity index (χ0v) is 12.4. The summed E-state index contributed by atoms with van der Waals surface area (Å²) in [6.45, 7) is 6.37. The summed E-state index contributed by atoms with van der Waals surface area (Å²) < 4.78 is 1.99. The molecule has 104 valence electrons. The predicted octanol–water partition coefficient (Wildman–Crippen LogP) is 2.95. The van der Waals surface area contributed by atoms with E-state index in [0.29, 0.717) is 11.4 Å². The molecule has 2 aromatic rings. The van der Waals surface area contributed by atoms with E-state index in [0.717, 1.165) is 21.8 Å². The Hall–Kier alpha value is -2.06. The number of allylic oxidation sites excluding steroid dienone is 1. The average molecular weight is 308 g/mol. The Balaban J connectivity index is 2.21. The first kappa shape index (κ1) is 14.4. The molecule has 0 aliphatic carbocycles. The Bertz CT molecular complexity index is 724. The summed E-state index contributed by atoms with van der Waals surface area (Å²) in [5.41, 5.74) is 1.09. The van der Waals surface area contributed by atoms with E-state index in [1.807, 2.05) is 16.9 Å². The highest BCUT2D eigenvalue weighted by atomic mass is 32.1. The second-order valence-electron chi connectivity index (χ2n) is 3.84. The number of nitrogens with zero attached hydrogens (tertiary/aromatic N) is 4. The van der Waals surface area contributed by atoms with Crippen LogP contribution in [0, 0.1) is 17.0 Å². The summed E-state index contributed by atoms with van der Waals surface area (Å²) in [5, 5.41) is 20.8. The first-order valence-corrected chi connectivity index (χ1v) is 7.38. The highest BCUT2D eigenvalue weighted by Gasteiger charge is 2.07. The Morgan fingerprint density at radius 2 is 2.35 bits per heavy atom. The lowest BCUT2D eigenvalue weighted by atomic mass is 10.5. The first-order chi connectivity index (χ1) is 9.61. The van der Waals surface area contributed by atoms with Gasteiger partial charge in [0.15, 0.2) is 0 Å². The Morgan fingerprint density at radius 3 is 3.00 bits per heavy atom. The molecule has 0 N–H and O–H groups in total. The van der Waals surface area contributed by atoms with Gasteiger partial charge >= 0.3 is 5.00 Å². The van der Waals surface area contributed by atoms with Crippen LogP contribution < -0.4 is 4.80 Å². The van der Waals surface area contributed by atoms with Crippen molar-refractivity contribution in [3.05, 3.63) is 55.7 Å². The molecular weight excluding hydrogens is 296 g/mol. The number of aromatic nitrogens is 1. The van der Waals surface area contributed by atoms with E-state index in [4.69, 9.17) is 0 Å². The number of nitro groups is 1. The van der Waals surface area contributed by atoms with Crippen molar-refractivity contribution in [2.24, 2.45) is 10.2 Å². The van der Waals surface area contributed by atoms with E-state index in [1.165, 1.54) is 23.6 Å². The molecule has 0 radical (unpaired) electrons. The van der Waals surface area contributed by atoms with Crippen LogP contribution in [0.25, 0.3) is 0 Å². The van der Waals surface area contributed by atoms with E-state index in [9.17, 15) is 10.1 Å². The average Bonchev–Trinajstić information content (AvgIpc) is 3.00. The minimum Gasteiger partial charge on any atom is -0.316 e. The molecule has 0 amide bonds. The molecule has 0 unspecified atom stereocenters. The van der Waals surface area contributed by atoms with Crippen molar-refractivity contribution >= 4 is 33.9 Å². The molecule has 0 aromatic carbocycles. The molecule has 2 rings (SSSR count). The zero-order valence-electron chi connectivity index (χ0n) is 10.7. The molecular formula is C12H12N4O2S2. The van der Waals surface area contributed by atoms with Gasteiger partial charge in [0, 0.05) is 23.7 Å². The van der Waals surface area contributed by atoms with Gasteiger partial charge in [0.1, 0.15) is 0 Å². The summed E-state index contributed by atoms with van der Waals surface area (Å²) in [7, 11) is 0. The molecule has 0 saturated heterocycles. The molecule has 8 heteroatoms. The molecule has 0 bridgehead atoms. The van der Waals surface area contributed by atoms with Gasteiger partial charge in [0.25, 0.3) is 0 Å². The SMILES string of the molecule is C=CCn1c(C)cs/c1=N\N=C\c1ccc([N+](=O)[O-])s1. The summed E-state index contributed by atoms with van der Waals surface area (Å²) in [5.74, 6) is 0. The molecule has 20 heavy (non-hydrogen) atoms. The molecule has 0 saturated carbocycles. The van der Waals surface area contributed by atoms with E-state index in [-0.39, 0.29) is 5.00 Å². The highest BCUT2D eigenvalue weighted by molar-refractivity contribution is 7.16. The smallest absolute Gasteiger partial charge is 0.316 e. The number of hydrogen-bond acceptors (Lipinski definition) is 6. The minimum absolute atomic E-state index is 0.0974. The van der Waals surface area contributed by atoms with Crippen LogP contribution in [-0.2, 0) is 6.54 Å². The normalized spacial score (nSPS) is 12.2. The highest BCUT2D eigenvalue weighted by Crippen LogP contribution is 2.22. The van der Waals surface area contributed by atoms with Gasteiger partial charge in [0.05, 0.1) is 16.0 Å². The van der Waals surface area contributed by atoms with Crippen LogP contribution in [0.5, 0.6) is 0 Å². The van der Waals surface area contributed by atoms with Crippen LogP contribution in [0.1, 0.15) is 10.6 Å². The van der Waals surface area contributed by atoms with Crippen molar-refractivity contribution in [1.82, 2.24) is 4.57 Å². The van der Waals surface area contributed by atoms with Crippen LogP contribution in [0.3, 0.4) is 0 Å². The maximum Gasteiger partial charge on any atom is 0.324 e. The summed E-state index contributed by atoms with van der Waals surface area (Å²) in [6, 6.07) is 3.11. The van der Waals surface area contributed by atoms with Gasteiger partial charge in [-0.25, -0.2) is 0 Å². The van der Waals surface area contributed by atoms with Gasteiger partial charge in [-0.1, -0.05) is 17.4 Å². The Kier molecular flexibility index (Phi) is 4.59. The van der Waals surface area contributed by atoms with Crippen LogP contribution in [0.15, 0.2) is 40.4 Å². The van der Waals surface area contributed by atoms with Crippen molar-refractivity contribution in [2.45, 2.75) is 13.5 Å². The summed E-state index contributed by atoms with van der Waals surface area (Å²) in [4.78, 5) is 11.6. The standard InChI is InChI=1S/C12H12N4O2S2/c1-3-6-15-9(2)8-19-12(15)14-13-7-10-4-5-11(20-10)16(17)18/h3-5,7-8H,1,6H2,2H3/b13-7+,14-12-. The Morgan fingerprint density at radius 1 is 1.55 bits per heavy atom. The quantitative estimate of drug-likeness (QED) is 0.369. The fourth-order valence-corrected chi connectivity index (χ4v) is 3.02. The third-order valence-corrected chi connectivity index (χ3v) is 4.37. The molecule has 0 fully saturated rings. The second kappa shape index (κ2) is 6.40. The molecule has 2 aromatic heterocycles. The Labute approximate surface area is 123 Å². The van der Waals surface area contributed by atoms with Crippen LogP contribution in [0.2, 0.25) is 0 Å². The fourth-order valence-electron chi connectivity index (χ4n) is 1.49. The van der Waals surface area contributed by atoms with E-state index in [2.05, 4.69) is 16.8 Å². The molecule has 2 heterocycles. The summed E-state index contributed by atoms with van der Waals surface area (Å²) >= 11 is 2.56. The zero-order chi connectivity index (χ0) is 14.5. The minimum atomic E-state index is -0.417. The topological polar surface area (TPSA) is 72.8 Å². The number of rotatable bonds is 5. The van der Waals surface area contributed by atoms with Crippen LogP contribution in [0.4, 0.5) is 5.00 Å². The molecule has 0 spiro atoms. The predicted molar refractivity (Wildman–Crippen MR) is 81.4 cm³/mol. The van der Waals surface area contributed by atoms with Crippen LogP contribution >= 0.6 is 22.7 Å². The molecule has 0 aliphatic heterocycles. The van der Waals surface area contributed by atoms with Crippen molar-refractivity contribution in [3.8, 4) is 0 Å². The van der Waals surface area contributed by atoms with Crippen LogP contribution in [-0.4, -0.2) is 15.7 Å². The van der Waals surface area contributed by atoms with E-state index in [1.54, 1.807) is 12.1 Å². The third-order valence-electron chi connectivity index (χ3n) is 2.42. The molecule has 0 aliphatic rings. The van der Waals surface area contributed by atoms with Gasteiger partial charge in [-0.2, -0.15) is 5.10 Å². The lowest BCUT2D eigenvalue weighted by Gasteiger charge is -1.98.